The highest BCUT2D eigenvalue weighted by Gasteiger charge is 2.18. The average Bonchev–Trinajstić information content (AvgIpc) is 2.79. The van der Waals surface area contributed by atoms with Gasteiger partial charge in [0.25, 0.3) is 0 Å². The Morgan fingerprint density at radius 3 is 2.25 bits per heavy atom. The molecule has 0 fully saturated rings. The zero-order valence-corrected chi connectivity index (χ0v) is 22.3. The number of rotatable bonds is 11. The van der Waals surface area contributed by atoms with E-state index >= 15 is 0 Å². The molecule has 0 heterocycles. The summed E-state index contributed by atoms with van der Waals surface area (Å²) in [5.74, 6) is 3.15. The lowest BCUT2D eigenvalue weighted by molar-refractivity contribution is 0.295. The summed E-state index contributed by atoms with van der Waals surface area (Å²) in [4.78, 5) is 6.99. The Balaban J connectivity index is 0.00000512. The van der Waals surface area contributed by atoms with Gasteiger partial charge >= 0.3 is 0 Å². The molecule has 1 unspecified atom stereocenters. The predicted molar refractivity (Wildman–Crippen MR) is 142 cm³/mol. The normalized spacial score (nSPS) is 12.0. The summed E-state index contributed by atoms with van der Waals surface area (Å²) in [5.41, 5.74) is 2.29. The number of methoxy groups -OCH3 is 3. The first-order valence-electron chi connectivity index (χ1n) is 10.6. The summed E-state index contributed by atoms with van der Waals surface area (Å²) in [6.45, 7) is 4.22. The van der Waals surface area contributed by atoms with E-state index in [1.807, 2.05) is 30.3 Å². The minimum Gasteiger partial charge on any atom is -0.496 e. The summed E-state index contributed by atoms with van der Waals surface area (Å²) in [5, 5.41) is 6.76. The second kappa shape index (κ2) is 14.8. The number of aliphatic imine (C=N–C) groups is 1. The van der Waals surface area contributed by atoms with Gasteiger partial charge in [0.2, 0.25) is 0 Å². The number of nitrogens with zero attached hydrogens (tertiary/aromatic N) is 2. The first kappa shape index (κ1) is 27.8. The standard InChI is InChI=1S/C24H36N4O3.HI/c1-7-25-24(26-15-14-18-12-13-22(30-5)23(16-18)31-6)27-17-20(28(2)3)19-10-8-9-11-21(19)29-4;/h8-13,16,20H,7,14-15,17H2,1-6H3,(H2,25,26,27);1H. The fourth-order valence-electron chi connectivity index (χ4n) is 3.36. The Hall–Kier alpha value is -2.20. The molecule has 0 radical (unpaired) electrons. The highest BCUT2D eigenvalue weighted by atomic mass is 127. The molecule has 8 heteroatoms. The van der Waals surface area contributed by atoms with Crippen LogP contribution < -0.4 is 24.8 Å². The molecular weight excluding hydrogens is 519 g/mol. The molecule has 178 valence electrons. The summed E-state index contributed by atoms with van der Waals surface area (Å²) < 4.78 is 16.3. The van der Waals surface area contributed by atoms with Gasteiger partial charge < -0.3 is 29.7 Å². The third-order valence-corrected chi connectivity index (χ3v) is 5.04. The highest BCUT2D eigenvalue weighted by molar-refractivity contribution is 14.0. The third kappa shape index (κ3) is 8.05. The van der Waals surface area contributed by atoms with Crippen molar-refractivity contribution < 1.29 is 14.2 Å². The number of ether oxygens (including phenoxy) is 3. The van der Waals surface area contributed by atoms with E-state index in [0.717, 1.165) is 48.3 Å². The maximum atomic E-state index is 5.55. The molecule has 7 nitrogen and oxygen atoms in total. The highest BCUT2D eigenvalue weighted by Crippen LogP contribution is 2.28. The van der Waals surface area contributed by atoms with Crippen molar-refractivity contribution in [2.75, 3.05) is 55.1 Å². The Kier molecular flexibility index (Phi) is 12.9. The minimum absolute atomic E-state index is 0. The van der Waals surface area contributed by atoms with E-state index in [0.29, 0.717) is 6.54 Å². The van der Waals surface area contributed by atoms with E-state index < -0.39 is 0 Å². The number of guanidine groups is 1. The first-order chi connectivity index (χ1) is 15.0. The van der Waals surface area contributed by atoms with E-state index in [1.54, 1.807) is 21.3 Å². The lowest BCUT2D eigenvalue weighted by atomic mass is 10.0. The molecule has 2 N–H and O–H groups in total. The summed E-state index contributed by atoms with van der Waals surface area (Å²) in [6.07, 6.45) is 0.842. The monoisotopic (exact) mass is 556 g/mol. The maximum Gasteiger partial charge on any atom is 0.191 e. The van der Waals surface area contributed by atoms with Gasteiger partial charge in [0.15, 0.2) is 17.5 Å². The van der Waals surface area contributed by atoms with Crippen LogP contribution in [0.25, 0.3) is 0 Å². The molecule has 0 saturated heterocycles. The van der Waals surface area contributed by atoms with Crippen LogP contribution in [0.1, 0.15) is 24.1 Å². The van der Waals surface area contributed by atoms with E-state index in [9.17, 15) is 0 Å². The van der Waals surface area contributed by atoms with Crippen molar-refractivity contribution in [1.82, 2.24) is 15.5 Å². The van der Waals surface area contributed by atoms with E-state index in [4.69, 9.17) is 19.2 Å². The number of nitrogens with one attached hydrogen (secondary N) is 2. The van der Waals surface area contributed by atoms with Gasteiger partial charge in [0.1, 0.15) is 5.75 Å². The number of para-hydroxylation sites is 1. The van der Waals surface area contributed by atoms with Gasteiger partial charge in [-0.2, -0.15) is 0 Å². The van der Waals surface area contributed by atoms with Gasteiger partial charge in [-0.05, 0) is 51.2 Å². The molecule has 0 aliphatic heterocycles. The molecule has 0 aliphatic rings. The fraction of sp³-hybridized carbons (Fsp3) is 0.458. The van der Waals surface area contributed by atoms with Crippen LogP contribution in [0.4, 0.5) is 0 Å². The second-order valence-electron chi connectivity index (χ2n) is 7.31. The Bertz CT molecular complexity index is 846. The van der Waals surface area contributed by atoms with Crippen molar-refractivity contribution in [2.45, 2.75) is 19.4 Å². The molecule has 2 aromatic rings. The Morgan fingerprint density at radius 2 is 1.62 bits per heavy atom. The molecule has 0 aliphatic carbocycles. The van der Waals surface area contributed by atoms with Crippen LogP contribution in [-0.4, -0.2) is 65.9 Å². The van der Waals surface area contributed by atoms with Crippen molar-refractivity contribution in [2.24, 2.45) is 4.99 Å². The topological polar surface area (TPSA) is 67.4 Å². The largest absolute Gasteiger partial charge is 0.496 e. The molecule has 0 spiro atoms. The summed E-state index contributed by atoms with van der Waals surface area (Å²) in [7, 11) is 9.12. The van der Waals surface area contributed by atoms with Gasteiger partial charge in [-0.1, -0.05) is 24.3 Å². The van der Waals surface area contributed by atoms with Gasteiger partial charge in [-0.15, -0.1) is 24.0 Å². The second-order valence-corrected chi connectivity index (χ2v) is 7.31. The Morgan fingerprint density at radius 1 is 0.938 bits per heavy atom. The van der Waals surface area contributed by atoms with Crippen molar-refractivity contribution in [1.29, 1.82) is 0 Å². The minimum atomic E-state index is 0. The number of likely N-dealkylation sites (N-methyl/N-ethyl adjacent to an activating group) is 1. The van der Waals surface area contributed by atoms with Crippen LogP contribution in [0.15, 0.2) is 47.5 Å². The fourth-order valence-corrected chi connectivity index (χ4v) is 3.36. The van der Waals surface area contributed by atoms with Crippen LogP contribution in [0.2, 0.25) is 0 Å². The molecule has 1 atom stereocenters. The first-order valence-corrected chi connectivity index (χ1v) is 10.6. The van der Waals surface area contributed by atoms with E-state index in [1.165, 1.54) is 5.56 Å². The summed E-state index contributed by atoms with van der Waals surface area (Å²) in [6, 6.07) is 14.2. The predicted octanol–water partition coefficient (Wildman–Crippen LogP) is 3.73. The molecule has 0 saturated carbocycles. The lowest BCUT2D eigenvalue weighted by Crippen LogP contribution is -2.39. The van der Waals surface area contributed by atoms with Gasteiger partial charge in [-0.25, -0.2) is 0 Å². The molecular formula is C24H37IN4O3. The number of benzene rings is 2. The molecule has 0 aromatic heterocycles. The van der Waals surface area contributed by atoms with E-state index in [-0.39, 0.29) is 30.0 Å². The smallest absolute Gasteiger partial charge is 0.191 e. The zero-order valence-electron chi connectivity index (χ0n) is 20.0. The summed E-state index contributed by atoms with van der Waals surface area (Å²) >= 11 is 0. The van der Waals surface area contributed by atoms with Crippen molar-refractivity contribution in [3.05, 3.63) is 53.6 Å². The molecule has 0 bridgehead atoms. The van der Waals surface area contributed by atoms with Gasteiger partial charge in [0.05, 0.1) is 33.9 Å². The van der Waals surface area contributed by atoms with Crippen LogP contribution >= 0.6 is 24.0 Å². The van der Waals surface area contributed by atoms with Crippen molar-refractivity contribution in [3.8, 4) is 17.2 Å². The average molecular weight is 556 g/mol. The van der Waals surface area contributed by atoms with Crippen molar-refractivity contribution in [3.63, 3.8) is 0 Å². The van der Waals surface area contributed by atoms with Gasteiger partial charge in [-0.3, -0.25) is 4.99 Å². The third-order valence-electron chi connectivity index (χ3n) is 5.04. The Labute approximate surface area is 209 Å². The quantitative estimate of drug-likeness (QED) is 0.250. The zero-order chi connectivity index (χ0) is 22.6. The lowest BCUT2D eigenvalue weighted by Gasteiger charge is -2.25. The molecule has 2 aromatic carbocycles. The number of hydrogen-bond donors (Lipinski definition) is 2. The van der Waals surface area contributed by atoms with Crippen LogP contribution in [0.5, 0.6) is 17.2 Å². The van der Waals surface area contributed by atoms with Crippen LogP contribution in [-0.2, 0) is 6.42 Å². The molecule has 32 heavy (non-hydrogen) atoms. The number of hydrogen-bond acceptors (Lipinski definition) is 5. The SMILES string of the molecule is CCNC(=NCC(c1ccccc1OC)N(C)C)NCCc1ccc(OC)c(OC)c1.I. The molecule has 2 rings (SSSR count). The van der Waals surface area contributed by atoms with Crippen LogP contribution in [0.3, 0.4) is 0 Å². The molecule has 0 amide bonds. The van der Waals surface area contributed by atoms with E-state index in [2.05, 4.69) is 48.7 Å². The maximum absolute atomic E-state index is 5.55. The van der Waals surface area contributed by atoms with Gasteiger partial charge in [0, 0.05) is 18.7 Å². The van der Waals surface area contributed by atoms with Crippen LogP contribution in [0, 0.1) is 0 Å². The number of halogens is 1. The van der Waals surface area contributed by atoms with Crippen molar-refractivity contribution >= 4 is 29.9 Å².